The number of amides is 1. The van der Waals surface area contributed by atoms with Crippen molar-refractivity contribution in [2.75, 3.05) is 19.6 Å². The zero-order chi connectivity index (χ0) is 14.4. The summed E-state index contributed by atoms with van der Waals surface area (Å²) >= 11 is 0. The molecule has 2 rings (SSSR count). The quantitative estimate of drug-likeness (QED) is 0.837. The number of benzene rings is 1. The van der Waals surface area contributed by atoms with Crippen LogP contribution in [0, 0.1) is 13.8 Å². The van der Waals surface area contributed by atoms with Crippen molar-refractivity contribution in [3.63, 3.8) is 0 Å². The smallest absolute Gasteiger partial charge is 0.223 e. The summed E-state index contributed by atoms with van der Waals surface area (Å²) in [5.74, 6) is 0.304. The monoisotopic (exact) mass is 274 g/mol. The summed E-state index contributed by atoms with van der Waals surface area (Å²) in [6, 6.07) is 6.39. The van der Waals surface area contributed by atoms with Gasteiger partial charge in [-0.3, -0.25) is 4.79 Å². The van der Waals surface area contributed by atoms with E-state index in [1.165, 1.54) is 36.0 Å². The van der Waals surface area contributed by atoms with Gasteiger partial charge in [0.25, 0.3) is 0 Å². The molecular weight excluding hydrogens is 248 g/mol. The Bertz CT molecular complexity index is 450. The fourth-order valence-electron chi connectivity index (χ4n) is 2.72. The highest BCUT2D eigenvalue weighted by molar-refractivity contribution is 5.76. The van der Waals surface area contributed by atoms with E-state index in [2.05, 4.69) is 37.4 Å². The molecule has 1 aromatic rings. The van der Waals surface area contributed by atoms with Crippen molar-refractivity contribution in [1.29, 1.82) is 0 Å². The number of likely N-dealkylation sites (tertiary alicyclic amines) is 1. The number of hydrogen-bond donors (Lipinski definition) is 1. The van der Waals surface area contributed by atoms with Crippen molar-refractivity contribution >= 4 is 5.91 Å². The van der Waals surface area contributed by atoms with E-state index in [1.807, 2.05) is 4.90 Å². The molecule has 1 heterocycles. The van der Waals surface area contributed by atoms with Crippen LogP contribution < -0.4 is 5.32 Å². The first-order valence-corrected chi connectivity index (χ1v) is 7.72. The van der Waals surface area contributed by atoms with Gasteiger partial charge >= 0.3 is 0 Å². The molecule has 0 radical (unpaired) electrons. The van der Waals surface area contributed by atoms with Crippen LogP contribution in [0.4, 0.5) is 0 Å². The second-order valence-electron chi connectivity index (χ2n) is 5.73. The molecule has 1 N–H and O–H groups in total. The number of carbonyl (C=O) groups is 1. The number of carbonyl (C=O) groups excluding carboxylic acids is 1. The fourth-order valence-corrected chi connectivity index (χ4v) is 2.72. The van der Waals surface area contributed by atoms with E-state index in [0.29, 0.717) is 12.3 Å². The lowest BCUT2D eigenvalue weighted by atomic mass is 10.0. The average molecular weight is 274 g/mol. The van der Waals surface area contributed by atoms with Gasteiger partial charge in [0.2, 0.25) is 5.91 Å². The Morgan fingerprint density at radius 2 is 1.95 bits per heavy atom. The Kier molecular flexibility index (Phi) is 5.60. The van der Waals surface area contributed by atoms with E-state index in [0.717, 1.165) is 26.2 Å². The Morgan fingerprint density at radius 1 is 1.20 bits per heavy atom. The summed E-state index contributed by atoms with van der Waals surface area (Å²) in [6.45, 7) is 7.82. The van der Waals surface area contributed by atoms with E-state index in [9.17, 15) is 4.79 Å². The lowest BCUT2D eigenvalue weighted by Crippen LogP contribution is -2.37. The van der Waals surface area contributed by atoms with Gasteiger partial charge in [0.05, 0.1) is 0 Å². The normalized spacial score (nSPS) is 15.4. The third-order valence-corrected chi connectivity index (χ3v) is 4.26. The van der Waals surface area contributed by atoms with Gasteiger partial charge in [-0.15, -0.1) is 0 Å². The van der Waals surface area contributed by atoms with Gasteiger partial charge in [0.15, 0.2) is 0 Å². The third kappa shape index (κ3) is 4.07. The van der Waals surface area contributed by atoms with Crippen LogP contribution in [0.15, 0.2) is 18.2 Å². The molecule has 1 aromatic carbocycles. The molecule has 1 amide bonds. The maximum absolute atomic E-state index is 12.0. The van der Waals surface area contributed by atoms with Crippen LogP contribution in [0.3, 0.4) is 0 Å². The molecule has 1 aliphatic heterocycles. The number of aryl methyl sites for hydroxylation is 1. The summed E-state index contributed by atoms with van der Waals surface area (Å²) < 4.78 is 0. The number of nitrogens with one attached hydrogen (secondary N) is 1. The fraction of sp³-hybridized carbons (Fsp3) is 0.588. The first-order valence-electron chi connectivity index (χ1n) is 7.72. The van der Waals surface area contributed by atoms with Crippen molar-refractivity contribution in [2.24, 2.45) is 0 Å². The van der Waals surface area contributed by atoms with Crippen molar-refractivity contribution < 1.29 is 4.79 Å². The van der Waals surface area contributed by atoms with Crippen molar-refractivity contribution in [3.8, 4) is 0 Å². The average Bonchev–Trinajstić information content (AvgIpc) is 2.48. The number of hydrogen-bond acceptors (Lipinski definition) is 2. The third-order valence-electron chi connectivity index (χ3n) is 4.26. The number of nitrogens with zero attached hydrogens (tertiary/aromatic N) is 1. The van der Waals surface area contributed by atoms with Crippen LogP contribution in [-0.4, -0.2) is 30.4 Å². The minimum absolute atomic E-state index is 0.304. The topological polar surface area (TPSA) is 32.3 Å². The number of rotatable bonds is 5. The van der Waals surface area contributed by atoms with E-state index >= 15 is 0 Å². The molecule has 1 aliphatic rings. The lowest BCUT2D eigenvalue weighted by Gasteiger charge is -2.26. The van der Waals surface area contributed by atoms with Crippen molar-refractivity contribution in [1.82, 2.24) is 10.2 Å². The molecule has 0 spiro atoms. The molecule has 0 bridgehead atoms. The Labute approximate surface area is 122 Å². The second-order valence-corrected chi connectivity index (χ2v) is 5.73. The van der Waals surface area contributed by atoms with Gasteiger partial charge in [0.1, 0.15) is 0 Å². The molecule has 0 saturated carbocycles. The largest absolute Gasteiger partial charge is 0.343 e. The molecule has 1 fully saturated rings. The first-order chi connectivity index (χ1) is 9.68. The molecule has 0 unspecified atom stereocenters. The maximum atomic E-state index is 12.0. The first kappa shape index (κ1) is 15.0. The lowest BCUT2D eigenvalue weighted by molar-refractivity contribution is -0.131. The van der Waals surface area contributed by atoms with Crippen molar-refractivity contribution in [2.45, 2.75) is 46.1 Å². The van der Waals surface area contributed by atoms with Crippen LogP contribution in [0.2, 0.25) is 0 Å². The predicted molar refractivity (Wildman–Crippen MR) is 82.7 cm³/mol. The van der Waals surface area contributed by atoms with Gasteiger partial charge < -0.3 is 10.2 Å². The van der Waals surface area contributed by atoms with Crippen LogP contribution in [-0.2, 0) is 11.3 Å². The second kappa shape index (κ2) is 7.44. The molecule has 20 heavy (non-hydrogen) atoms. The maximum Gasteiger partial charge on any atom is 0.223 e. The van der Waals surface area contributed by atoms with E-state index in [-0.39, 0.29) is 0 Å². The van der Waals surface area contributed by atoms with Crippen molar-refractivity contribution in [3.05, 3.63) is 34.9 Å². The standard InChI is InChI=1S/C17H26N2O/c1-14-7-6-8-16(15(14)2)13-18-10-9-17(20)19-11-4-3-5-12-19/h6-8,18H,3-5,9-13H2,1-2H3. The highest BCUT2D eigenvalue weighted by Crippen LogP contribution is 2.12. The zero-order valence-corrected chi connectivity index (χ0v) is 12.7. The summed E-state index contributed by atoms with van der Waals surface area (Å²) in [7, 11) is 0. The zero-order valence-electron chi connectivity index (χ0n) is 12.7. The highest BCUT2D eigenvalue weighted by atomic mass is 16.2. The minimum atomic E-state index is 0.304. The summed E-state index contributed by atoms with van der Waals surface area (Å²) in [5, 5.41) is 3.39. The SMILES string of the molecule is Cc1cccc(CNCCC(=O)N2CCCCC2)c1C. The number of piperidine rings is 1. The molecule has 0 aliphatic carbocycles. The Hall–Kier alpha value is -1.35. The van der Waals surface area contributed by atoms with Gasteiger partial charge in [-0.1, -0.05) is 18.2 Å². The summed E-state index contributed by atoms with van der Waals surface area (Å²) in [4.78, 5) is 14.0. The van der Waals surface area contributed by atoms with Crippen LogP contribution in [0.1, 0.15) is 42.4 Å². The minimum Gasteiger partial charge on any atom is -0.343 e. The van der Waals surface area contributed by atoms with Crippen LogP contribution in [0.5, 0.6) is 0 Å². The van der Waals surface area contributed by atoms with Gasteiger partial charge in [-0.25, -0.2) is 0 Å². The molecule has 1 saturated heterocycles. The van der Waals surface area contributed by atoms with Gasteiger partial charge in [-0.2, -0.15) is 0 Å². The van der Waals surface area contributed by atoms with Gasteiger partial charge in [-0.05, 0) is 49.8 Å². The molecule has 0 aromatic heterocycles. The Morgan fingerprint density at radius 3 is 2.70 bits per heavy atom. The predicted octanol–water partition coefficient (Wildman–Crippen LogP) is 2.80. The van der Waals surface area contributed by atoms with E-state index < -0.39 is 0 Å². The molecule has 3 nitrogen and oxygen atoms in total. The summed E-state index contributed by atoms with van der Waals surface area (Å²) in [6.07, 6.45) is 4.23. The molecule has 110 valence electrons. The van der Waals surface area contributed by atoms with Crippen LogP contribution >= 0.6 is 0 Å². The summed E-state index contributed by atoms with van der Waals surface area (Å²) in [5.41, 5.74) is 4.01. The van der Waals surface area contributed by atoms with Gasteiger partial charge in [0, 0.05) is 32.6 Å². The molecular formula is C17H26N2O. The highest BCUT2D eigenvalue weighted by Gasteiger charge is 2.15. The van der Waals surface area contributed by atoms with E-state index in [1.54, 1.807) is 0 Å². The molecule has 0 atom stereocenters. The Balaban J connectivity index is 1.70. The van der Waals surface area contributed by atoms with Crippen LogP contribution in [0.25, 0.3) is 0 Å². The molecule has 3 heteroatoms. The van der Waals surface area contributed by atoms with E-state index in [4.69, 9.17) is 0 Å².